The lowest BCUT2D eigenvalue weighted by molar-refractivity contribution is 0.470. The Hall–Kier alpha value is -1.04. The van der Waals surface area contributed by atoms with Gasteiger partial charge in [-0.25, -0.2) is 8.42 Å². The van der Waals surface area contributed by atoms with Gasteiger partial charge in [0.15, 0.2) is 9.84 Å². The van der Waals surface area contributed by atoms with Crippen molar-refractivity contribution in [3.05, 3.63) is 11.3 Å². The van der Waals surface area contributed by atoms with Crippen LogP contribution in [0.15, 0.2) is 0 Å². The summed E-state index contributed by atoms with van der Waals surface area (Å²) in [7, 11) is -2.86. The van der Waals surface area contributed by atoms with Gasteiger partial charge >= 0.3 is 0 Å². The molecule has 1 aromatic rings. The van der Waals surface area contributed by atoms with Crippen LogP contribution in [0.3, 0.4) is 0 Å². The fourth-order valence-electron chi connectivity index (χ4n) is 2.93. The van der Waals surface area contributed by atoms with E-state index in [0.29, 0.717) is 12.2 Å². The number of nitrogens with zero attached hydrogens (tertiary/aromatic N) is 2. The summed E-state index contributed by atoms with van der Waals surface area (Å²) < 4.78 is 24.9. The Bertz CT molecular complexity index is 547. The molecule has 2 aliphatic rings. The molecule has 2 heterocycles. The van der Waals surface area contributed by atoms with Crippen molar-refractivity contribution in [2.75, 3.05) is 17.2 Å². The van der Waals surface area contributed by atoms with E-state index >= 15 is 0 Å². The van der Waals surface area contributed by atoms with Crippen molar-refractivity contribution < 1.29 is 8.42 Å². The van der Waals surface area contributed by atoms with E-state index < -0.39 is 9.84 Å². The van der Waals surface area contributed by atoms with Crippen molar-refractivity contribution in [2.45, 2.75) is 38.1 Å². The Morgan fingerprint density at radius 3 is 2.76 bits per heavy atom. The number of sulfone groups is 1. The Labute approximate surface area is 101 Å². The zero-order valence-corrected chi connectivity index (χ0v) is 10.5. The second kappa shape index (κ2) is 3.73. The number of hydrogen-bond donors (Lipinski definition) is 1. The van der Waals surface area contributed by atoms with Crippen LogP contribution in [0.5, 0.6) is 0 Å². The molecule has 1 unspecified atom stereocenters. The van der Waals surface area contributed by atoms with E-state index in [1.807, 2.05) is 4.68 Å². The van der Waals surface area contributed by atoms with Crippen LogP contribution in [-0.4, -0.2) is 29.7 Å². The molecular weight excluding hydrogens is 238 g/mol. The Balaban J connectivity index is 1.99. The van der Waals surface area contributed by atoms with E-state index in [2.05, 4.69) is 5.10 Å². The van der Waals surface area contributed by atoms with E-state index in [4.69, 9.17) is 5.73 Å². The first-order valence-electron chi connectivity index (χ1n) is 6.13. The average Bonchev–Trinajstić information content (AvgIpc) is 2.81. The number of fused-ring (bicyclic) bond motifs is 1. The predicted molar refractivity (Wildman–Crippen MR) is 65.6 cm³/mol. The second-order valence-corrected chi connectivity index (χ2v) is 7.25. The first kappa shape index (κ1) is 11.1. The lowest BCUT2D eigenvalue weighted by Crippen LogP contribution is -2.17. The summed E-state index contributed by atoms with van der Waals surface area (Å²) in [6, 6.07) is 0.00384. The van der Waals surface area contributed by atoms with Crippen LogP contribution in [-0.2, 0) is 22.7 Å². The van der Waals surface area contributed by atoms with Gasteiger partial charge in [0.25, 0.3) is 0 Å². The van der Waals surface area contributed by atoms with Gasteiger partial charge in [-0.05, 0) is 32.1 Å². The Morgan fingerprint density at radius 2 is 2.06 bits per heavy atom. The molecule has 1 fully saturated rings. The van der Waals surface area contributed by atoms with Gasteiger partial charge in [-0.3, -0.25) is 4.68 Å². The van der Waals surface area contributed by atoms with E-state index in [1.54, 1.807) is 0 Å². The van der Waals surface area contributed by atoms with Crippen molar-refractivity contribution in [3.63, 3.8) is 0 Å². The highest BCUT2D eigenvalue weighted by molar-refractivity contribution is 7.91. The van der Waals surface area contributed by atoms with Crippen molar-refractivity contribution in [3.8, 4) is 0 Å². The largest absolute Gasteiger partial charge is 0.382 e. The maximum atomic E-state index is 11.5. The van der Waals surface area contributed by atoms with Gasteiger partial charge in [-0.2, -0.15) is 5.10 Å². The van der Waals surface area contributed by atoms with Crippen LogP contribution in [0.1, 0.15) is 36.6 Å². The quantitative estimate of drug-likeness (QED) is 0.801. The van der Waals surface area contributed by atoms with Crippen LogP contribution in [0.4, 0.5) is 5.82 Å². The van der Waals surface area contributed by atoms with Gasteiger partial charge in [-0.15, -0.1) is 0 Å². The number of aromatic nitrogens is 2. The van der Waals surface area contributed by atoms with Gasteiger partial charge < -0.3 is 5.73 Å². The first-order chi connectivity index (χ1) is 8.07. The molecule has 5 nitrogen and oxygen atoms in total. The van der Waals surface area contributed by atoms with Crippen LogP contribution < -0.4 is 5.73 Å². The molecule has 1 aliphatic heterocycles. The maximum Gasteiger partial charge on any atom is 0.152 e. The summed E-state index contributed by atoms with van der Waals surface area (Å²) in [5.41, 5.74) is 8.25. The Kier molecular flexibility index (Phi) is 2.43. The van der Waals surface area contributed by atoms with Crippen LogP contribution >= 0.6 is 0 Å². The summed E-state index contributed by atoms with van der Waals surface area (Å²) in [5.74, 6) is 1.11. The van der Waals surface area contributed by atoms with Crippen molar-refractivity contribution in [1.29, 1.82) is 0 Å². The van der Waals surface area contributed by atoms with Crippen molar-refractivity contribution >= 4 is 15.7 Å². The van der Waals surface area contributed by atoms with Crippen molar-refractivity contribution in [1.82, 2.24) is 9.78 Å². The van der Waals surface area contributed by atoms with Crippen LogP contribution in [0, 0.1) is 0 Å². The molecule has 1 atom stereocenters. The third-order valence-electron chi connectivity index (χ3n) is 3.79. The smallest absolute Gasteiger partial charge is 0.152 e. The van der Waals surface area contributed by atoms with E-state index in [1.165, 1.54) is 5.69 Å². The van der Waals surface area contributed by atoms with Crippen LogP contribution in [0.2, 0.25) is 0 Å². The molecule has 17 heavy (non-hydrogen) atoms. The summed E-state index contributed by atoms with van der Waals surface area (Å²) in [4.78, 5) is 0. The van der Waals surface area contributed by atoms with Gasteiger partial charge in [0.2, 0.25) is 0 Å². The molecule has 1 saturated heterocycles. The van der Waals surface area contributed by atoms with Crippen molar-refractivity contribution in [2.24, 2.45) is 0 Å². The van der Waals surface area contributed by atoms with Gasteiger partial charge in [0.1, 0.15) is 5.82 Å². The fraction of sp³-hybridized carbons (Fsp3) is 0.727. The minimum Gasteiger partial charge on any atom is -0.382 e. The molecule has 0 amide bonds. The third-order valence-corrected chi connectivity index (χ3v) is 5.54. The molecule has 0 aromatic carbocycles. The molecule has 2 N–H and O–H groups in total. The van der Waals surface area contributed by atoms with Gasteiger partial charge in [0.05, 0.1) is 17.5 Å². The normalized spacial score (nSPS) is 26.9. The highest BCUT2D eigenvalue weighted by atomic mass is 32.2. The van der Waals surface area contributed by atoms with E-state index in [0.717, 1.165) is 31.2 Å². The topological polar surface area (TPSA) is 78.0 Å². The molecule has 94 valence electrons. The van der Waals surface area contributed by atoms with E-state index in [-0.39, 0.29) is 17.5 Å². The number of nitrogen functional groups attached to an aromatic ring is 1. The monoisotopic (exact) mass is 255 g/mol. The summed E-state index contributed by atoms with van der Waals surface area (Å²) in [6.45, 7) is 0. The number of rotatable bonds is 1. The lowest BCUT2D eigenvalue weighted by Gasteiger charge is -2.17. The molecule has 1 aromatic heterocycles. The van der Waals surface area contributed by atoms with Crippen LogP contribution in [0.25, 0.3) is 0 Å². The van der Waals surface area contributed by atoms with Gasteiger partial charge in [-0.1, -0.05) is 0 Å². The molecule has 0 bridgehead atoms. The molecule has 3 rings (SSSR count). The predicted octanol–water partition coefficient (Wildman–Crippen LogP) is 0.704. The third kappa shape index (κ3) is 1.84. The zero-order valence-electron chi connectivity index (χ0n) is 9.72. The first-order valence-corrected chi connectivity index (χ1v) is 7.95. The molecule has 0 saturated carbocycles. The summed E-state index contributed by atoms with van der Waals surface area (Å²) >= 11 is 0. The second-order valence-electron chi connectivity index (χ2n) is 5.02. The molecule has 0 spiro atoms. The minimum atomic E-state index is -2.86. The zero-order chi connectivity index (χ0) is 12.0. The SMILES string of the molecule is Nc1nn(C2CCS(=O)(=O)C2)c2c1CCCC2. The maximum absolute atomic E-state index is 11.5. The van der Waals surface area contributed by atoms with Gasteiger partial charge in [0, 0.05) is 11.3 Å². The highest BCUT2D eigenvalue weighted by Crippen LogP contribution is 2.31. The molecule has 0 radical (unpaired) electrons. The van der Waals surface area contributed by atoms with E-state index in [9.17, 15) is 8.42 Å². The summed E-state index contributed by atoms with van der Waals surface area (Å²) in [6.07, 6.45) is 4.95. The lowest BCUT2D eigenvalue weighted by atomic mass is 9.97. The summed E-state index contributed by atoms with van der Waals surface area (Å²) in [5, 5.41) is 4.37. The minimum absolute atomic E-state index is 0.00384. The number of nitrogens with two attached hydrogens (primary N) is 1. The Morgan fingerprint density at radius 1 is 1.29 bits per heavy atom. The fourth-order valence-corrected chi connectivity index (χ4v) is 4.62. The average molecular weight is 255 g/mol. The number of anilines is 1. The highest BCUT2D eigenvalue weighted by Gasteiger charge is 2.32. The molecule has 6 heteroatoms. The molecular formula is C11H17N3O2S. The number of hydrogen-bond acceptors (Lipinski definition) is 4. The standard InChI is InChI=1S/C11H17N3O2S/c12-11-9-3-1-2-4-10(9)14(13-11)8-5-6-17(15,16)7-8/h8H,1-7H2,(H2,12,13). The molecule has 1 aliphatic carbocycles.